The number of benzene rings is 1. The Balaban J connectivity index is 1.20. The van der Waals surface area contributed by atoms with Crippen LogP contribution in [-0.4, -0.2) is 66.6 Å². The molecule has 1 aromatic heterocycles. The van der Waals surface area contributed by atoms with E-state index in [0.717, 1.165) is 31.3 Å². The summed E-state index contributed by atoms with van der Waals surface area (Å²) in [5.41, 5.74) is 0.632. The maximum Gasteiger partial charge on any atom is 0.254 e. The van der Waals surface area contributed by atoms with Crippen molar-refractivity contribution in [3.8, 4) is 11.5 Å². The van der Waals surface area contributed by atoms with E-state index in [1.165, 1.54) is 19.3 Å². The monoisotopic (exact) mass is 409 g/mol. The summed E-state index contributed by atoms with van der Waals surface area (Å²) in [4.78, 5) is 19.3. The Kier molecular flexibility index (Phi) is 5.06. The number of rotatable bonds is 3. The van der Waals surface area contributed by atoms with Gasteiger partial charge in [-0.2, -0.15) is 0 Å². The predicted molar refractivity (Wildman–Crippen MR) is 113 cm³/mol. The van der Waals surface area contributed by atoms with Crippen molar-refractivity contribution in [1.29, 1.82) is 0 Å². The van der Waals surface area contributed by atoms with E-state index in [1.807, 2.05) is 4.90 Å². The van der Waals surface area contributed by atoms with E-state index in [2.05, 4.69) is 39.1 Å². The minimum Gasteiger partial charge on any atom is -0.454 e. The molecule has 2 aromatic rings. The Bertz CT molecular complexity index is 911. The molecule has 8 heteroatoms. The maximum atomic E-state index is 12.9. The van der Waals surface area contributed by atoms with Gasteiger partial charge < -0.3 is 24.2 Å². The largest absolute Gasteiger partial charge is 0.454 e. The fraction of sp³-hybridized carbons (Fsp3) is 0.500. The molecule has 30 heavy (non-hydrogen) atoms. The van der Waals surface area contributed by atoms with Gasteiger partial charge in [-0.25, -0.2) is 0 Å². The molecule has 0 aliphatic carbocycles. The molecule has 0 saturated carbocycles. The van der Waals surface area contributed by atoms with Crippen LogP contribution in [0.15, 0.2) is 30.3 Å². The second-order valence-corrected chi connectivity index (χ2v) is 8.14. The molecular weight excluding hydrogens is 382 g/mol. The van der Waals surface area contributed by atoms with Gasteiger partial charge in [-0.1, -0.05) is 0 Å². The first kappa shape index (κ1) is 19.0. The van der Waals surface area contributed by atoms with Crippen molar-refractivity contribution < 1.29 is 14.3 Å². The average molecular weight is 409 g/mol. The lowest BCUT2D eigenvalue weighted by atomic mass is 10.0. The zero-order valence-corrected chi connectivity index (χ0v) is 17.3. The average Bonchev–Trinajstić information content (AvgIpc) is 3.27. The number of nitrogens with zero attached hydrogens (tertiary/aromatic N) is 5. The molecule has 1 amide bonds. The van der Waals surface area contributed by atoms with Gasteiger partial charge in [-0.3, -0.25) is 4.79 Å². The van der Waals surface area contributed by atoms with Crippen molar-refractivity contribution in [1.82, 2.24) is 15.1 Å². The number of hydrogen-bond donors (Lipinski definition) is 0. The number of carbonyl (C=O) groups excluding carboxylic acids is 1. The molecule has 1 atom stereocenters. The first-order valence-electron chi connectivity index (χ1n) is 10.7. The number of piperazine rings is 1. The summed E-state index contributed by atoms with van der Waals surface area (Å²) in [6.45, 7) is 6.30. The lowest BCUT2D eigenvalue weighted by Crippen LogP contribution is -2.49. The molecule has 1 unspecified atom stereocenters. The van der Waals surface area contributed by atoms with E-state index in [0.29, 0.717) is 36.2 Å². The quantitative estimate of drug-likeness (QED) is 0.771. The van der Waals surface area contributed by atoms with Crippen molar-refractivity contribution in [3.63, 3.8) is 0 Å². The third-order valence-electron chi connectivity index (χ3n) is 6.24. The summed E-state index contributed by atoms with van der Waals surface area (Å²) in [7, 11) is 0. The molecule has 8 nitrogen and oxygen atoms in total. The molecule has 2 fully saturated rings. The highest BCUT2D eigenvalue weighted by atomic mass is 16.7. The van der Waals surface area contributed by atoms with Gasteiger partial charge in [0.05, 0.1) is 0 Å². The molecule has 2 saturated heterocycles. The number of fused-ring (bicyclic) bond motifs is 1. The SMILES string of the molecule is CC1CCCCN1c1ccc(N2CCN(C(=O)c3ccc4c(c3)OCO4)CC2)nn1. The van der Waals surface area contributed by atoms with Crippen molar-refractivity contribution in [2.45, 2.75) is 32.2 Å². The van der Waals surface area contributed by atoms with Crippen molar-refractivity contribution in [3.05, 3.63) is 35.9 Å². The van der Waals surface area contributed by atoms with Gasteiger partial charge in [0.1, 0.15) is 0 Å². The summed E-state index contributed by atoms with van der Waals surface area (Å²) >= 11 is 0. The minimum atomic E-state index is 0.0217. The zero-order valence-electron chi connectivity index (χ0n) is 17.3. The van der Waals surface area contributed by atoms with Gasteiger partial charge in [0.25, 0.3) is 5.91 Å². The van der Waals surface area contributed by atoms with Crippen LogP contribution >= 0.6 is 0 Å². The Morgan fingerprint density at radius 3 is 2.47 bits per heavy atom. The first-order chi connectivity index (χ1) is 14.7. The van der Waals surface area contributed by atoms with Crippen LogP contribution in [0, 0.1) is 0 Å². The van der Waals surface area contributed by atoms with E-state index >= 15 is 0 Å². The summed E-state index contributed by atoms with van der Waals surface area (Å²) in [6, 6.07) is 10.0. The molecule has 0 radical (unpaired) electrons. The van der Waals surface area contributed by atoms with Crippen molar-refractivity contribution >= 4 is 17.5 Å². The van der Waals surface area contributed by atoms with Crippen LogP contribution < -0.4 is 19.3 Å². The fourth-order valence-electron chi connectivity index (χ4n) is 4.43. The number of piperidine rings is 1. The molecular formula is C22H27N5O3. The second kappa shape index (κ2) is 8.01. The van der Waals surface area contributed by atoms with E-state index in [1.54, 1.807) is 18.2 Å². The lowest BCUT2D eigenvalue weighted by molar-refractivity contribution is 0.0746. The molecule has 0 spiro atoms. The Morgan fingerprint density at radius 1 is 0.933 bits per heavy atom. The van der Waals surface area contributed by atoms with Gasteiger partial charge in [0.15, 0.2) is 23.1 Å². The Labute approximate surface area is 176 Å². The minimum absolute atomic E-state index is 0.0217. The lowest BCUT2D eigenvalue weighted by Gasteiger charge is -2.36. The topological polar surface area (TPSA) is 71.0 Å². The van der Waals surface area contributed by atoms with Gasteiger partial charge >= 0.3 is 0 Å². The smallest absolute Gasteiger partial charge is 0.254 e. The molecule has 1 aromatic carbocycles. The normalized spacial score (nSPS) is 21.1. The highest BCUT2D eigenvalue weighted by molar-refractivity contribution is 5.95. The van der Waals surface area contributed by atoms with Gasteiger partial charge in [-0.15, -0.1) is 10.2 Å². The van der Waals surface area contributed by atoms with E-state index in [9.17, 15) is 4.79 Å². The van der Waals surface area contributed by atoms with Crippen LogP contribution in [0.2, 0.25) is 0 Å². The molecule has 3 aliphatic rings. The number of amides is 1. The summed E-state index contributed by atoms with van der Waals surface area (Å²) in [5.74, 6) is 3.19. The van der Waals surface area contributed by atoms with Crippen LogP contribution in [0.1, 0.15) is 36.5 Å². The highest BCUT2D eigenvalue weighted by Gasteiger charge is 2.25. The zero-order chi connectivity index (χ0) is 20.5. The number of carbonyl (C=O) groups is 1. The third-order valence-corrected chi connectivity index (χ3v) is 6.24. The molecule has 0 bridgehead atoms. The standard InChI is InChI=1S/C22H27N5O3/c1-16-4-2-3-9-27(16)21-8-7-20(23-24-21)25-10-12-26(13-11-25)22(28)17-5-6-18-19(14-17)30-15-29-18/h5-8,14,16H,2-4,9-13,15H2,1H3. The highest BCUT2D eigenvalue weighted by Crippen LogP contribution is 2.33. The molecule has 4 heterocycles. The first-order valence-corrected chi connectivity index (χ1v) is 10.7. The third kappa shape index (κ3) is 3.62. The van der Waals surface area contributed by atoms with E-state index in [-0.39, 0.29) is 12.7 Å². The fourth-order valence-corrected chi connectivity index (χ4v) is 4.43. The van der Waals surface area contributed by atoms with Crippen LogP contribution in [0.4, 0.5) is 11.6 Å². The number of ether oxygens (including phenoxy) is 2. The Morgan fingerprint density at radius 2 is 1.70 bits per heavy atom. The second-order valence-electron chi connectivity index (χ2n) is 8.14. The van der Waals surface area contributed by atoms with Crippen LogP contribution in [-0.2, 0) is 0 Å². The molecule has 158 valence electrons. The van der Waals surface area contributed by atoms with Crippen molar-refractivity contribution in [2.24, 2.45) is 0 Å². The van der Waals surface area contributed by atoms with Crippen molar-refractivity contribution in [2.75, 3.05) is 49.3 Å². The van der Waals surface area contributed by atoms with E-state index < -0.39 is 0 Å². The molecule has 3 aliphatic heterocycles. The number of aromatic nitrogens is 2. The predicted octanol–water partition coefficient (Wildman–Crippen LogP) is 2.55. The molecule has 0 N–H and O–H groups in total. The summed E-state index contributed by atoms with van der Waals surface area (Å²) < 4.78 is 10.7. The molecule has 5 rings (SSSR count). The van der Waals surface area contributed by atoms with Gasteiger partial charge in [0, 0.05) is 44.3 Å². The van der Waals surface area contributed by atoms with E-state index in [4.69, 9.17) is 9.47 Å². The Hall–Kier alpha value is -3.03. The summed E-state index contributed by atoms with van der Waals surface area (Å²) in [5, 5.41) is 8.97. The van der Waals surface area contributed by atoms with Crippen LogP contribution in [0.5, 0.6) is 11.5 Å². The van der Waals surface area contributed by atoms with Crippen LogP contribution in [0.25, 0.3) is 0 Å². The van der Waals surface area contributed by atoms with Gasteiger partial charge in [0.2, 0.25) is 6.79 Å². The van der Waals surface area contributed by atoms with Gasteiger partial charge in [-0.05, 0) is 56.5 Å². The maximum absolute atomic E-state index is 12.9. The summed E-state index contributed by atoms with van der Waals surface area (Å²) in [6.07, 6.45) is 3.72. The number of anilines is 2. The number of hydrogen-bond acceptors (Lipinski definition) is 7. The van der Waals surface area contributed by atoms with Crippen LogP contribution in [0.3, 0.4) is 0 Å².